The second-order valence-electron chi connectivity index (χ2n) is 4.80. The van der Waals surface area contributed by atoms with Gasteiger partial charge in [-0.25, -0.2) is 18.4 Å². The Labute approximate surface area is 153 Å². The number of halogens is 2. The number of carbonyl (C=O) groups excluding carboxylic acids is 2. The van der Waals surface area contributed by atoms with Crippen molar-refractivity contribution >= 4 is 50.8 Å². The van der Waals surface area contributed by atoms with E-state index in [1.165, 1.54) is 42.5 Å². The van der Waals surface area contributed by atoms with Crippen molar-refractivity contribution in [3.05, 3.63) is 58.1 Å². The summed E-state index contributed by atoms with van der Waals surface area (Å²) in [7, 11) is -3.90. The van der Waals surface area contributed by atoms with Crippen LogP contribution in [-0.2, 0) is 19.6 Å². The molecule has 1 amide bonds. The number of amides is 1. The fraction of sp³-hybridized carbons (Fsp3) is 0.0667. The average molecular weight is 403 g/mol. The zero-order chi connectivity index (χ0) is 18.6. The van der Waals surface area contributed by atoms with Crippen molar-refractivity contribution in [2.24, 2.45) is 5.14 Å². The minimum absolute atomic E-state index is 0.0235. The van der Waals surface area contributed by atoms with Crippen LogP contribution in [-0.4, -0.2) is 26.9 Å². The summed E-state index contributed by atoms with van der Waals surface area (Å²) in [5, 5.41) is 7.61. The van der Waals surface area contributed by atoms with E-state index in [0.717, 1.165) is 0 Å². The van der Waals surface area contributed by atoms with Crippen LogP contribution in [0, 0.1) is 0 Å². The van der Waals surface area contributed by atoms with E-state index in [1.54, 1.807) is 0 Å². The molecule has 0 atom stereocenters. The van der Waals surface area contributed by atoms with E-state index in [-0.39, 0.29) is 26.2 Å². The van der Waals surface area contributed by atoms with Gasteiger partial charge in [0, 0.05) is 5.69 Å². The van der Waals surface area contributed by atoms with E-state index in [1.807, 2.05) is 0 Å². The van der Waals surface area contributed by atoms with E-state index >= 15 is 0 Å². The molecule has 132 valence electrons. The van der Waals surface area contributed by atoms with Crippen LogP contribution >= 0.6 is 23.2 Å². The van der Waals surface area contributed by atoms with Gasteiger partial charge in [-0.1, -0.05) is 35.3 Å². The van der Waals surface area contributed by atoms with Gasteiger partial charge in [-0.3, -0.25) is 4.79 Å². The highest BCUT2D eigenvalue weighted by Gasteiger charge is 2.16. The van der Waals surface area contributed by atoms with Gasteiger partial charge in [0.15, 0.2) is 6.61 Å². The summed E-state index contributed by atoms with van der Waals surface area (Å²) in [5.41, 5.74) is 0.214. The fourth-order valence-corrected chi connectivity index (χ4v) is 2.76. The number of esters is 1. The highest BCUT2D eigenvalue weighted by molar-refractivity contribution is 7.89. The number of primary sulfonamides is 1. The van der Waals surface area contributed by atoms with Crippen molar-refractivity contribution in [2.75, 3.05) is 11.9 Å². The zero-order valence-electron chi connectivity index (χ0n) is 12.5. The monoisotopic (exact) mass is 402 g/mol. The molecule has 0 fully saturated rings. The molecular formula is C15H12Cl2N2O5S. The average Bonchev–Trinajstić information content (AvgIpc) is 2.54. The molecule has 3 N–H and O–H groups in total. The highest BCUT2D eigenvalue weighted by Crippen LogP contribution is 2.26. The molecule has 0 radical (unpaired) electrons. The lowest BCUT2D eigenvalue weighted by Crippen LogP contribution is -2.21. The number of rotatable bonds is 5. The predicted octanol–water partition coefficient (Wildman–Crippen LogP) is 2.44. The van der Waals surface area contributed by atoms with Crippen LogP contribution in [0.4, 0.5) is 5.69 Å². The van der Waals surface area contributed by atoms with Crippen molar-refractivity contribution in [2.45, 2.75) is 4.90 Å². The molecule has 0 spiro atoms. The van der Waals surface area contributed by atoms with E-state index in [9.17, 15) is 18.0 Å². The summed E-state index contributed by atoms with van der Waals surface area (Å²) in [4.78, 5) is 23.6. The first-order valence-corrected chi connectivity index (χ1v) is 9.02. The summed E-state index contributed by atoms with van der Waals surface area (Å²) in [6, 6.07) is 9.77. The zero-order valence-corrected chi connectivity index (χ0v) is 14.9. The van der Waals surface area contributed by atoms with Gasteiger partial charge in [-0.15, -0.1) is 0 Å². The maximum absolute atomic E-state index is 11.9. The van der Waals surface area contributed by atoms with Crippen molar-refractivity contribution in [3.8, 4) is 0 Å². The summed E-state index contributed by atoms with van der Waals surface area (Å²) >= 11 is 11.7. The SMILES string of the molecule is NS(=O)(=O)c1cccc(NC(=O)COC(=O)c2cccc(Cl)c2Cl)c1. The molecule has 0 saturated heterocycles. The minimum atomic E-state index is -3.90. The summed E-state index contributed by atoms with van der Waals surface area (Å²) in [6.07, 6.45) is 0. The lowest BCUT2D eigenvalue weighted by Gasteiger charge is -2.08. The third-order valence-corrected chi connectivity index (χ3v) is 4.68. The number of nitrogens with one attached hydrogen (secondary N) is 1. The number of ether oxygens (including phenoxy) is 1. The van der Waals surface area contributed by atoms with Crippen LogP contribution in [0.3, 0.4) is 0 Å². The molecule has 2 rings (SSSR count). The number of hydrogen-bond acceptors (Lipinski definition) is 5. The number of carbonyl (C=O) groups is 2. The molecule has 0 aliphatic carbocycles. The Morgan fingerprint density at radius 3 is 2.48 bits per heavy atom. The first-order chi connectivity index (χ1) is 11.7. The molecule has 0 heterocycles. The van der Waals surface area contributed by atoms with E-state index < -0.39 is 28.5 Å². The minimum Gasteiger partial charge on any atom is -0.452 e. The van der Waals surface area contributed by atoms with E-state index in [0.29, 0.717) is 0 Å². The molecule has 2 aromatic carbocycles. The predicted molar refractivity (Wildman–Crippen MR) is 93.2 cm³/mol. The Bertz CT molecular complexity index is 931. The van der Waals surface area contributed by atoms with Gasteiger partial charge in [0.2, 0.25) is 10.0 Å². The lowest BCUT2D eigenvalue weighted by molar-refractivity contribution is -0.119. The van der Waals surface area contributed by atoms with Crippen molar-refractivity contribution < 1.29 is 22.7 Å². The topological polar surface area (TPSA) is 116 Å². The molecule has 0 unspecified atom stereocenters. The second kappa shape index (κ2) is 7.83. The van der Waals surface area contributed by atoms with Crippen LogP contribution in [0.2, 0.25) is 10.0 Å². The summed E-state index contributed by atoms with van der Waals surface area (Å²) in [5.74, 6) is -1.49. The number of hydrogen-bond donors (Lipinski definition) is 2. The molecule has 0 bridgehead atoms. The van der Waals surface area contributed by atoms with Gasteiger partial charge in [0.1, 0.15) is 0 Å². The van der Waals surface area contributed by atoms with E-state index in [2.05, 4.69) is 5.32 Å². The standard InChI is InChI=1S/C15H12Cl2N2O5S/c16-12-6-2-5-11(14(12)17)15(21)24-8-13(20)19-9-3-1-4-10(7-9)25(18,22)23/h1-7H,8H2,(H,19,20)(H2,18,22,23). The Morgan fingerprint density at radius 2 is 1.80 bits per heavy atom. The third-order valence-electron chi connectivity index (χ3n) is 2.95. The molecular weight excluding hydrogens is 391 g/mol. The van der Waals surface area contributed by atoms with Crippen LogP contribution in [0.25, 0.3) is 0 Å². The largest absolute Gasteiger partial charge is 0.452 e. The van der Waals surface area contributed by atoms with Gasteiger partial charge >= 0.3 is 5.97 Å². The molecule has 7 nitrogen and oxygen atoms in total. The number of anilines is 1. The van der Waals surface area contributed by atoms with Crippen molar-refractivity contribution in [1.29, 1.82) is 0 Å². The van der Waals surface area contributed by atoms with Gasteiger partial charge in [-0.2, -0.15) is 0 Å². The molecule has 10 heteroatoms. The summed E-state index contributed by atoms with van der Waals surface area (Å²) < 4.78 is 27.4. The highest BCUT2D eigenvalue weighted by atomic mass is 35.5. The maximum atomic E-state index is 11.9. The quantitative estimate of drug-likeness (QED) is 0.744. The Hall–Kier alpha value is -2.13. The molecule has 2 aromatic rings. The first-order valence-electron chi connectivity index (χ1n) is 6.72. The van der Waals surface area contributed by atoms with Gasteiger partial charge in [0.05, 0.1) is 20.5 Å². The fourth-order valence-electron chi connectivity index (χ4n) is 1.82. The normalized spacial score (nSPS) is 11.0. The van der Waals surface area contributed by atoms with Crippen LogP contribution in [0.1, 0.15) is 10.4 Å². The van der Waals surface area contributed by atoms with Gasteiger partial charge < -0.3 is 10.1 Å². The second-order valence-corrected chi connectivity index (χ2v) is 7.15. The lowest BCUT2D eigenvalue weighted by atomic mass is 10.2. The molecule has 0 aliphatic rings. The maximum Gasteiger partial charge on any atom is 0.340 e. The van der Waals surface area contributed by atoms with Crippen LogP contribution in [0.15, 0.2) is 47.4 Å². The third kappa shape index (κ3) is 5.17. The molecule has 0 aliphatic heterocycles. The van der Waals surface area contributed by atoms with Crippen molar-refractivity contribution in [1.82, 2.24) is 0 Å². The first kappa shape index (κ1) is 19.2. The van der Waals surface area contributed by atoms with E-state index in [4.69, 9.17) is 33.1 Å². The Balaban J connectivity index is 1.99. The van der Waals surface area contributed by atoms with Crippen molar-refractivity contribution in [3.63, 3.8) is 0 Å². The number of nitrogens with two attached hydrogens (primary N) is 1. The Morgan fingerprint density at radius 1 is 1.12 bits per heavy atom. The molecule has 25 heavy (non-hydrogen) atoms. The summed E-state index contributed by atoms with van der Waals surface area (Å²) in [6.45, 7) is -0.596. The molecule has 0 saturated carbocycles. The van der Waals surface area contributed by atoms with Gasteiger partial charge in [-0.05, 0) is 30.3 Å². The Kier molecular flexibility index (Phi) is 6.02. The number of benzene rings is 2. The van der Waals surface area contributed by atoms with Gasteiger partial charge in [0.25, 0.3) is 5.91 Å². The number of sulfonamides is 1. The molecule has 0 aromatic heterocycles. The van der Waals surface area contributed by atoms with Crippen LogP contribution < -0.4 is 10.5 Å². The van der Waals surface area contributed by atoms with Crippen LogP contribution in [0.5, 0.6) is 0 Å². The smallest absolute Gasteiger partial charge is 0.340 e.